The van der Waals surface area contributed by atoms with Gasteiger partial charge in [-0.1, -0.05) is 11.6 Å². The van der Waals surface area contributed by atoms with Crippen LogP contribution in [-0.4, -0.2) is 18.6 Å². The molecule has 0 unspecified atom stereocenters. The summed E-state index contributed by atoms with van der Waals surface area (Å²) in [6.45, 7) is -0.860. The molecule has 0 saturated carbocycles. The third-order valence-corrected chi connectivity index (χ3v) is 1.65. The summed E-state index contributed by atoms with van der Waals surface area (Å²) in [4.78, 5) is 20.9. The van der Waals surface area contributed by atoms with Crippen LogP contribution in [0.3, 0.4) is 0 Å². The molecule has 0 aliphatic heterocycles. The number of halogens is 2. The average Bonchev–Trinajstić information content (AvgIpc) is 2.15. The fraction of sp³-hybridized carbons (Fsp3) is 0.111. The molecule has 0 heterocycles. The van der Waals surface area contributed by atoms with Crippen LogP contribution in [0.4, 0.5) is 4.39 Å². The van der Waals surface area contributed by atoms with Gasteiger partial charge in [0.05, 0.1) is 5.56 Å². The van der Waals surface area contributed by atoms with Crippen LogP contribution >= 0.6 is 11.6 Å². The average molecular weight is 217 g/mol. The standard InChI is InChI=1S/C9H6ClFO3/c10-7-3-1-6(2-4-7)9(13)14-5-8(11)12/h1-4H,5H2. The predicted molar refractivity (Wildman–Crippen MR) is 47.8 cm³/mol. The lowest BCUT2D eigenvalue weighted by molar-refractivity contribution is -0.132. The molecular weight excluding hydrogens is 211 g/mol. The Bertz CT molecular complexity index is 348. The van der Waals surface area contributed by atoms with Crippen molar-refractivity contribution in [1.82, 2.24) is 0 Å². The Hall–Kier alpha value is -1.42. The van der Waals surface area contributed by atoms with Crippen LogP contribution in [0.5, 0.6) is 0 Å². The van der Waals surface area contributed by atoms with Crippen LogP contribution in [-0.2, 0) is 9.53 Å². The van der Waals surface area contributed by atoms with Gasteiger partial charge in [-0.15, -0.1) is 0 Å². The van der Waals surface area contributed by atoms with Gasteiger partial charge in [-0.25, -0.2) is 4.79 Å². The zero-order valence-corrected chi connectivity index (χ0v) is 7.75. The first kappa shape index (κ1) is 10.7. The van der Waals surface area contributed by atoms with Gasteiger partial charge in [0.2, 0.25) is 0 Å². The topological polar surface area (TPSA) is 43.4 Å². The molecule has 74 valence electrons. The Balaban J connectivity index is 2.61. The van der Waals surface area contributed by atoms with Gasteiger partial charge in [0.25, 0.3) is 0 Å². The number of rotatable bonds is 3. The smallest absolute Gasteiger partial charge is 0.338 e. The first-order valence-electron chi connectivity index (χ1n) is 3.70. The monoisotopic (exact) mass is 216 g/mol. The van der Waals surface area contributed by atoms with E-state index in [0.717, 1.165) is 0 Å². The summed E-state index contributed by atoms with van der Waals surface area (Å²) < 4.78 is 16.0. The van der Waals surface area contributed by atoms with Crippen molar-refractivity contribution in [3.8, 4) is 0 Å². The van der Waals surface area contributed by atoms with Crippen molar-refractivity contribution in [2.45, 2.75) is 0 Å². The maximum atomic E-state index is 11.7. The largest absolute Gasteiger partial charge is 0.451 e. The number of hydrogen-bond acceptors (Lipinski definition) is 3. The molecule has 0 aromatic heterocycles. The van der Waals surface area contributed by atoms with E-state index in [-0.39, 0.29) is 5.56 Å². The Morgan fingerprint density at radius 3 is 2.36 bits per heavy atom. The molecule has 0 fully saturated rings. The first-order chi connectivity index (χ1) is 6.59. The summed E-state index contributed by atoms with van der Waals surface area (Å²) in [5, 5.41) is 0.475. The molecule has 0 N–H and O–H groups in total. The molecule has 0 saturated heterocycles. The van der Waals surface area contributed by atoms with Gasteiger partial charge in [0.1, 0.15) is 0 Å². The molecule has 0 bridgehead atoms. The van der Waals surface area contributed by atoms with Crippen LogP contribution in [0, 0.1) is 0 Å². The molecule has 1 rings (SSSR count). The van der Waals surface area contributed by atoms with Crippen molar-refractivity contribution in [2.75, 3.05) is 6.61 Å². The van der Waals surface area contributed by atoms with Crippen molar-refractivity contribution >= 4 is 23.6 Å². The molecule has 0 amide bonds. The van der Waals surface area contributed by atoms with Crippen LogP contribution in [0.1, 0.15) is 10.4 Å². The highest BCUT2D eigenvalue weighted by Gasteiger charge is 2.08. The Kier molecular flexibility index (Phi) is 3.59. The molecule has 3 nitrogen and oxygen atoms in total. The summed E-state index contributed by atoms with van der Waals surface area (Å²) in [7, 11) is 0. The lowest BCUT2D eigenvalue weighted by Crippen LogP contribution is -2.10. The molecule has 0 aliphatic carbocycles. The summed E-state index contributed by atoms with van der Waals surface area (Å²) in [5.41, 5.74) is 0.218. The van der Waals surface area contributed by atoms with Gasteiger partial charge >= 0.3 is 12.0 Å². The first-order valence-corrected chi connectivity index (χ1v) is 4.08. The molecule has 0 atom stereocenters. The highest BCUT2D eigenvalue weighted by molar-refractivity contribution is 6.30. The van der Waals surface area contributed by atoms with E-state index in [4.69, 9.17) is 11.6 Å². The van der Waals surface area contributed by atoms with E-state index in [9.17, 15) is 14.0 Å². The lowest BCUT2D eigenvalue weighted by atomic mass is 10.2. The van der Waals surface area contributed by atoms with Crippen molar-refractivity contribution in [2.24, 2.45) is 0 Å². The van der Waals surface area contributed by atoms with E-state index < -0.39 is 18.6 Å². The van der Waals surface area contributed by atoms with E-state index in [1.54, 1.807) is 0 Å². The zero-order valence-electron chi connectivity index (χ0n) is 7.00. The summed E-state index contributed by atoms with van der Waals surface area (Å²) in [5.74, 6) is -0.757. The third kappa shape index (κ3) is 3.14. The van der Waals surface area contributed by atoms with E-state index in [0.29, 0.717) is 5.02 Å². The van der Waals surface area contributed by atoms with Crippen LogP contribution < -0.4 is 0 Å². The second-order valence-corrected chi connectivity index (χ2v) is 2.87. The minimum absolute atomic E-state index is 0.218. The maximum Gasteiger partial charge on any atom is 0.338 e. The fourth-order valence-corrected chi connectivity index (χ4v) is 0.918. The third-order valence-electron chi connectivity index (χ3n) is 1.40. The molecule has 1 aromatic rings. The van der Waals surface area contributed by atoms with Crippen molar-refractivity contribution < 1.29 is 18.7 Å². The van der Waals surface area contributed by atoms with Gasteiger partial charge in [-0.05, 0) is 24.3 Å². The quantitative estimate of drug-likeness (QED) is 0.573. The molecule has 0 spiro atoms. The number of hydrogen-bond donors (Lipinski definition) is 0. The lowest BCUT2D eigenvalue weighted by Gasteiger charge is -2.00. The molecule has 0 radical (unpaired) electrons. The van der Waals surface area contributed by atoms with E-state index in [2.05, 4.69) is 4.74 Å². The summed E-state index contributed by atoms with van der Waals surface area (Å²) >= 11 is 5.58. The minimum atomic E-state index is -1.69. The van der Waals surface area contributed by atoms with Crippen LogP contribution in [0.15, 0.2) is 24.3 Å². The van der Waals surface area contributed by atoms with Crippen LogP contribution in [0.25, 0.3) is 0 Å². The zero-order chi connectivity index (χ0) is 10.6. The fourth-order valence-electron chi connectivity index (χ4n) is 0.792. The van der Waals surface area contributed by atoms with Crippen molar-refractivity contribution in [3.05, 3.63) is 34.9 Å². The second-order valence-electron chi connectivity index (χ2n) is 2.44. The molecule has 5 heteroatoms. The number of esters is 1. The van der Waals surface area contributed by atoms with Gasteiger partial charge < -0.3 is 4.74 Å². The number of carbonyl (C=O) groups is 2. The molecule has 1 aromatic carbocycles. The highest BCUT2D eigenvalue weighted by Crippen LogP contribution is 2.10. The van der Waals surface area contributed by atoms with Gasteiger partial charge in [0, 0.05) is 5.02 Å². The maximum absolute atomic E-state index is 11.7. The number of benzene rings is 1. The predicted octanol–water partition coefficient (Wildman–Crippen LogP) is 1.99. The normalized spacial score (nSPS) is 9.57. The number of carbonyl (C=O) groups excluding carboxylic acids is 2. The Morgan fingerprint density at radius 1 is 1.29 bits per heavy atom. The van der Waals surface area contributed by atoms with Gasteiger partial charge in [-0.3, -0.25) is 4.79 Å². The van der Waals surface area contributed by atoms with Crippen molar-refractivity contribution in [3.63, 3.8) is 0 Å². The number of ether oxygens (including phenoxy) is 1. The second kappa shape index (κ2) is 4.72. The molecule has 14 heavy (non-hydrogen) atoms. The van der Waals surface area contributed by atoms with E-state index in [1.807, 2.05) is 0 Å². The van der Waals surface area contributed by atoms with E-state index in [1.165, 1.54) is 24.3 Å². The molecular formula is C9H6ClFO3. The Labute approximate surface area is 84.4 Å². The van der Waals surface area contributed by atoms with Gasteiger partial charge in [0.15, 0.2) is 6.61 Å². The highest BCUT2D eigenvalue weighted by atomic mass is 35.5. The SMILES string of the molecule is O=C(F)COC(=O)c1ccc(Cl)cc1. The Morgan fingerprint density at radius 2 is 1.86 bits per heavy atom. The molecule has 0 aliphatic rings. The van der Waals surface area contributed by atoms with Crippen LogP contribution in [0.2, 0.25) is 5.02 Å². The summed E-state index contributed by atoms with van der Waals surface area (Å²) in [6.07, 6.45) is 0. The van der Waals surface area contributed by atoms with Gasteiger partial charge in [-0.2, -0.15) is 4.39 Å². The summed E-state index contributed by atoms with van der Waals surface area (Å²) in [6, 6.07) is 4.15. The minimum Gasteiger partial charge on any atom is -0.451 e. The van der Waals surface area contributed by atoms with E-state index >= 15 is 0 Å². The van der Waals surface area contributed by atoms with Crippen molar-refractivity contribution in [1.29, 1.82) is 0 Å².